The number of nitrogens with two attached hydrogens (primary N) is 2. The highest BCUT2D eigenvalue weighted by Gasteiger charge is 2.16. The second kappa shape index (κ2) is 16.2. The van der Waals surface area contributed by atoms with Crippen LogP contribution in [0.15, 0.2) is 94.7 Å². The molecule has 4 aromatic carbocycles. The molecule has 0 aromatic heterocycles. The number of carbonyl (C=O) groups is 2. The molecule has 0 unspecified atom stereocenters. The fourth-order valence-electron chi connectivity index (χ4n) is 3.61. The molecule has 4 N–H and O–H groups in total. The zero-order valence-corrected chi connectivity index (χ0v) is 24.0. The first-order valence-electron chi connectivity index (χ1n) is 12.7. The average molecular weight is 601 g/mol. The molecular formula is C32H26F2N4O2S2. The van der Waals surface area contributed by atoms with Crippen molar-refractivity contribution in [2.24, 2.45) is 11.5 Å². The lowest BCUT2D eigenvalue weighted by Crippen LogP contribution is -2.06. The Hall–Kier alpha value is -4.32. The quantitative estimate of drug-likeness (QED) is 0.169. The van der Waals surface area contributed by atoms with Crippen LogP contribution in [0.1, 0.15) is 24.0 Å². The average Bonchev–Trinajstić information content (AvgIpc) is 2.98. The highest BCUT2D eigenvalue weighted by atomic mass is 32.2. The summed E-state index contributed by atoms with van der Waals surface area (Å²) in [5.41, 5.74) is 12.9. The Morgan fingerprint density at radius 3 is 1.31 bits per heavy atom. The van der Waals surface area contributed by atoms with Crippen LogP contribution in [-0.2, 0) is 9.59 Å². The van der Waals surface area contributed by atoms with Crippen molar-refractivity contribution in [3.05, 3.63) is 108 Å². The summed E-state index contributed by atoms with van der Waals surface area (Å²) in [4.78, 5) is 25.5. The molecule has 6 nitrogen and oxygen atoms in total. The Morgan fingerprint density at radius 2 is 1.02 bits per heavy atom. The normalized spacial score (nSPS) is 10.1. The Balaban J connectivity index is 0.000000892. The molecule has 0 saturated carbocycles. The smallest absolute Gasteiger partial charge is 0.202 e. The Bertz CT molecular complexity index is 1510. The van der Waals surface area contributed by atoms with Gasteiger partial charge in [-0.05, 0) is 79.2 Å². The van der Waals surface area contributed by atoms with Gasteiger partial charge in [-0.3, -0.25) is 9.59 Å². The number of thioether (sulfide) groups is 2. The predicted molar refractivity (Wildman–Crippen MR) is 162 cm³/mol. The molecule has 0 radical (unpaired) electrons. The maximum atomic E-state index is 14.6. The van der Waals surface area contributed by atoms with Gasteiger partial charge in [-0.25, -0.2) is 8.78 Å². The van der Waals surface area contributed by atoms with Gasteiger partial charge < -0.3 is 11.5 Å². The largest absolute Gasteiger partial charge is 0.330 e. The summed E-state index contributed by atoms with van der Waals surface area (Å²) in [6.45, 7) is 1.44. The van der Waals surface area contributed by atoms with Gasteiger partial charge in [0, 0.05) is 20.9 Å². The molecule has 0 aliphatic carbocycles. The maximum absolute atomic E-state index is 14.6. The fraction of sp³-hybridized carbons (Fsp3) is 0.125. The van der Waals surface area contributed by atoms with Gasteiger partial charge in [0.2, 0.25) is 10.2 Å². The molecule has 0 amide bonds. The topological polar surface area (TPSA) is 134 Å². The molecule has 0 atom stereocenters. The van der Waals surface area contributed by atoms with E-state index < -0.39 is 28.3 Å². The van der Waals surface area contributed by atoms with Crippen molar-refractivity contribution in [2.75, 3.05) is 13.1 Å². The van der Waals surface area contributed by atoms with Crippen molar-refractivity contribution in [1.29, 1.82) is 10.5 Å². The van der Waals surface area contributed by atoms with Crippen molar-refractivity contribution >= 4 is 33.8 Å². The lowest BCUT2D eigenvalue weighted by Gasteiger charge is -2.07. The van der Waals surface area contributed by atoms with Crippen LogP contribution in [0.5, 0.6) is 0 Å². The van der Waals surface area contributed by atoms with Gasteiger partial charge in [-0.1, -0.05) is 59.9 Å². The number of hydrogen-bond donors (Lipinski definition) is 2. The van der Waals surface area contributed by atoms with E-state index in [1.165, 1.54) is 12.1 Å². The number of carbonyl (C=O) groups excluding carboxylic acids is 2. The number of halogens is 2. The molecule has 0 saturated heterocycles. The van der Waals surface area contributed by atoms with Gasteiger partial charge in [-0.2, -0.15) is 10.5 Å². The molecule has 42 heavy (non-hydrogen) atoms. The van der Waals surface area contributed by atoms with Gasteiger partial charge >= 0.3 is 0 Å². The van der Waals surface area contributed by atoms with Crippen molar-refractivity contribution < 1.29 is 18.4 Å². The zero-order valence-electron chi connectivity index (χ0n) is 22.3. The highest BCUT2D eigenvalue weighted by molar-refractivity contribution is 8.15. The maximum Gasteiger partial charge on any atom is 0.202 e. The molecule has 0 fully saturated rings. The van der Waals surface area contributed by atoms with Gasteiger partial charge in [-0.15, -0.1) is 0 Å². The van der Waals surface area contributed by atoms with Crippen LogP contribution in [0.2, 0.25) is 0 Å². The van der Waals surface area contributed by atoms with E-state index in [0.717, 1.165) is 43.0 Å². The SMILES string of the molecule is N#Cc1ccc(-c2ccc(SC(=O)CC(=O)Sc3ccc(-c4ccc(C#N)cc4)c(F)c3)cc2F)cc1.NCCCN. The first kappa shape index (κ1) is 32.2. The van der Waals surface area contributed by atoms with E-state index >= 15 is 0 Å². The summed E-state index contributed by atoms with van der Waals surface area (Å²) in [7, 11) is 0. The molecule has 0 aliphatic rings. The second-order valence-electron chi connectivity index (χ2n) is 8.72. The molecule has 212 valence electrons. The zero-order chi connectivity index (χ0) is 30.5. The van der Waals surface area contributed by atoms with E-state index in [-0.39, 0.29) is 0 Å². The molecular weight excluding hydrogens is 575 g/mol. The van der Waals surface area contributed by atoms with Gasteiger partial charge in [0.25, 0.3) is 0 Å². The van der Waals surface area contributed by atoms with Crippen molar-refractivity contribution in [1.82, 2.24) is 0 Å². The molecule has 0 bridgehead atoms. The number of benzene rings is 4. The summed E-state index contributed by atoms with van der Waals surface area (Å²) in [6, 6.07) is 25.7. The van der Waals surface area contributed by atoms with Crippen LogP contribution < -0.4 is 11.5 Å². The molecule has 4 aromatic rings. The van der Waals surface area contributed by atoms with Crippen LogP contribution in [0.25, 0.3) is 22.3 Å². The third-order valence-electron chi connectivity index (χ3n) is 5.69. The molecule has 0 aliphatic heterocycles. The van der Waals surface area contributed by atoms with Gasteiger partial charge in [0.15, 0.2) is 0 Å². The van der Waals surface area contributed by atoms with E-state index in [4.69, 9.17) is 22.0 Å². The minimum Gasteiger partial charge on any atom is -0.330 e. The lowest BCUT2D eigenvalue weighted by molar-refractivity contribution is -0.117. The van der Waals surface area contributed by atoms with Crippen molar-refractivity contribution in [3.63, 3.8) is 0 Å². The van der Waals surface area contributed by atoms with Crippen LogP contribution in [-0.4, -0.2) is 23.3 Å². The third kappa shape index (κ3) is 9.37. The van der Waals surface area contributed by atoms with Crippen LogP contribution in [0.4, 0.5) is 8.78 Å². The third-order valence-corrected chi connectivity index (χ3v) is 7.41. The first-order valence-corrected chi connectivity index (χ1v) is 14.3. The molecule has 0 heterocycles. The van der Waals surface area contributed by atoms with E-state index in [1.807, 2.05) is 12.1 Å². The minimum absolute atomic E-state index is 0.333. The summed E-state index contributed by atoms with van der Waals surface area (Å²) >= 11 is 1.52. The minimum atomic E-state index is -0.527. The van der Waals surface area contributed by atoms with Gasteiger partial charge in [0.1, 0.15) is 11.6 Å². The molecule has 4 rings (SSSR count). The predicted octanol–water partition coefficient (Wildman–Crippen LogP) is 6.66. The first-order chi connectivity index (χ1) is 20.3. The van der Waals surface area contributed by atoms with Crippen LogP contribution >= 0.6 is 23.5 Å². The van der Waals surface area contributed by atoms with E-state index in [0.29, 0.717) is 43.2 Å². The number of rotatable bonds is 8. The Kier molecular flexibility index (Phi) is 12.4. The second-order valence-corrected chi connectivity index (χ2v) is 11.0. The summed E-state index contributed by atoms with van der Waals surface area (Å²) in [5, 5.41) is 16.9. The number of hydrogen-bond acceptors (Lipinski definition) is 8. The molecule has 0 spiro atoms. The Morgan fingerprint density at radius 1 is 0.643 bits per heavy atom. The van der Waals surface area contributed by atoms with Gasteiger partial charge in [0.05, 0.1) is 29.7 Å². The van der Waals surface area contributed by atoms with E-state index in [9.17, 15) is 18.4 Å². The highest BCUT2D eigenvalue weighted by Crippen LogP contribution is 2.31. The van der Waals surface area contributed by atoms with Crippen molar-refractivity contribution in [2.45, 2.75) is 22.6 Å². The monoisotopic (exact) mass is 600 g/mol. The van der Waals surface area contributed by atoms with Crippen molar-refractivity contribution in [3.8, 4) is 34.4 Å². The van der Waals surface area contributed by atoms with Crippen LogP contribution in [0, 0.1) is 34.3 Å². The van der Waals surface area contributed by atoms with Crippen LogP contribution in [0.3, 0.4) is 0 Å². The standard InChI is InChI=1S/C29H16F2N2O2S2.C3H10N2/c30-26-13-22(9-11-24(26)20-5-1-18(16-32)2-6-20)36-28(34)15-29(35)37-23-10-12-25(27(31)14-23)21-7-3-19(17-33)4-8-21;4-2-1-3-5/h1-14H,15H2;1-5H2. The summed E-state index contributed by atoms with van der Waals surface area (Å²) < 4.78 is 29.3. The lowest BCUT2D eigenvalue weighted by atomic mass is 10.0. The van der Waals surface area contributed by atoms with E-state index in [1.54, 1.807) is 72.8 Å². The number of nitrogens with zero attached hydrogens (tertiary/aromatic N) is 2. The summed E-state index contributed by atoms with van der Waals surface area (Å²) in [6.07, 6.45) is 0.535. The number of nitriles is 2. The Labute approximate surface area is 251 Å². The molecule has 10 heteroatoms. The van der Waals surface area contributed by atoms with E-state index in [2.05, 4.69) is 0 Å². The summed E-state index contributed by atoms with van der Waals surface area (Å²) in [5.74, 6) is -1.05. The fourth-order valence-corrected chi connectivity index (χ4v) is 5.23.